The van der Waals surface area contributed by atoms with Crippen molar-refractivity contribution in [3.05, 3.63) is 16.6 Å². The Morgan fingerprint density at radius 1 is 1.56 bits per heavy atom. The van der Waals surface area contributed by atoms with Gasteiger partial charge in [-0.05, 0) is 39.2 Å². The summed E-state index contributed by atoms with van der Waals surface area (Å²) in [5, 5.41) is 6.88. The third-order valence-corrected chi connectivity index (χ3v) is 3.92. The van der Waals surface area contributed by atoms with E-state index in [1.807, 2.05) is 11.6 Å². The fourth-order valence-electron chi connectivity index (χ4n) is 2.06. The molecule has 2 atom stereocenters. The minimum absolute atomic E-state index is 0.388. The number of unbranched alkanes of at least 4 members (excludes halogenated alkanes) is 1. The third kappa shape index (κ3) is 3.54. The number of hydrogen-bond acceptors (Lipinski definition) is 4. The zero-order valence-electron chi connectivity index (χ0n) is 9.82. The molecule has 0 amide bonds. The predicted molar refractivity (Wildman–Crippen MR) is 66.9 cm³/mol. The van der Waals surface area contributed by atoms with Crippen LogP contribution in [0.25, 0.3) is 0 Å². The Labute approximate surface area is 101 Å². The van der Waals surface area contributed by atoms with Gasteiger partial charge in [-0.1, -0.05) is 0 Å². The molecule has 2 rings (SSSR count). The Morgan fingerprint density at radius 2 is 2.50 bits per heavy atom. The highest BCUT2D eigenvalue weighted by Crippen LogP contribution is 2.13. The average Bonchev–Trinajstić information content (AvgIpc) is 2.90. The molecule has 90 valence electrons. The van der Waals surface area contributed by atoms with Crippen LogP contribution in [-0.4, -0.2) is 30.3 Å². The Morgan fingerprint density at radius 3 is 3.19 bits per heavy atom. The Hall–Kier alpha value is -0.450. The Kier molecular flexibility index (Phi) is 4.75. The fraction of sp³-hybridized carbons (Fsp3) is 0.750. The minimum atomic E-state index is 0.388. The molecule has 1 fully saturated rings. The van der Waals surface area contributed by atoms with Gasteiger partial charge in [-0.3, -0.25) is 0 Å². The van der Waals surface area contributed by atoms with Crippen LogP contribution >= 0.6 is 11.3 Å². The van der Waals surface area contributed by atoms with E-state index in [1.165, 1.54) is 17.8 Å². The monoisotopic (exact) mass is 240 g/mol. The molecule has 0 spiro atoms. The molecule has 1 aliphatic heterocycles. The second kappa shape index (κ2) is 6.33. The van der Waals surface area contributed by atoms with Crippen molar-refractivity contribution in [3.63, 3.8) is 0 Å². The van der Waals surface area contributed by atoms with E-state index in [2.05, 4.69) is 17.2 Å². The zero-order chi connectivity index (χ0) is 11.2. The van der Waals surface area contributed by atoms with E-state index in [0.29, 0.717) is 12.1 Å². The summed E-state index contributed by atoms with van der Waals surface area (Å²) < 4.78 is 5.51. The molecular formula is C12H20N2OS. The molecule has 1 N–H and O–H groups in total. The number of aryl methyl sites for hydroxylation is 1. The molecule has 4 heteroatoms. The molecule has 0 saturated carbocycles. The van der Waals surface area contributed by atoms with Gasteiger partial charge in [0.15, 0.2) is 0 Å². The molecule has 2 heterocycles. The SMILES string of the molecule is CC1OCCC1NCCCCc1nccs1. The van der Waals surface area contributed by atoms with Crippen LogP contribution in [0.5, 0.6) is 0 Å². The van der Waals surface area contributed by atoms with Crippen LogP contribution in [0.3, 0.4) is 0 Å². The van der Waals surface area contributed by atoms with Gasteiger partial charge in [0.05, 0.1) is 11.1 Å². The number of thiazole rings is 1. The lowest BCUT2D eigenvalue weighted by molar-refractivity contribution is 0.113. The lowest BCUT2D eigenvalue weighted by atomic mass is 10.1. The highest BCUT2D eigenvalue weighted by atomic mass is 32.1. The molecule has 2 unspecified atom stereocenters. The number of ether oxygens (including phenoxy) is 1. The van der Waals surface area contributed by atoms with E-state index in [0.717, 1.165) is 26.0 Å². The molecule has 0 bridgehead atoms. The second-order valence-electron chi connectivity index (χ2n) is 4.31. The van der Waals surface area contributed by atoms with Gasteiger partial charge in [-0.15, -0.1) is 11.3 Å². The summed E-state index contributed by atoms with van der Waals surface area (Å²) >= 11 is 1.76. The van der Waals surface area contributed by atoms with E-state index < -0.39 is 0 Å². The van der Waals surface area contributed by atoms with Gasteiger partial charge < -0.3 is 10.1 Å². The summed E-state index contributed by atoms with van der Waals surface area (Å²) in [6.45, 7) is 4.17. The maximum atomic E-state index is 5.51. The van der Waals surface area contributed by atoms with E-state index in [9.17, 15) is 0 Å². The summed E-state index contributed by atoms with van der Waals surface area (Å²) in [7, 11) is 0. The average molecular weight is 240 g/mol. The maximum Gasteiger partial charge on any atom is 0.0924 e. The summed E-state index contributed by atoms with van der Waals surface area (Å²) in [6, 6.07) is 0.569. The van der Waals surface area contributed by atoms with Crippen molar-refractivity contribution in [2.45, 2.75) is 44.8 Å². The zero-order valence-corrected chi connectivity index (χ0v) is 10.6. The molecule has 1 saturated heterocycles. The van der Waals surface area contributed by atoms with Gasteiger partial charge in [0.25, 0.3) is 0 Å². The summed E-state index contributed by atoms with van der Waals surface area (Å²) in [5.74, 6) is 0. The largest absolute Gasteiger partial charge is 0.377 e. The fourth-order valence-corrected chi connectivity index (χ4v) is 2.73. The predicted octanol–water partition coefficient (Wildman–Crippen LogP) is 2.23. The first-order chi connectivity index (χ1) is 7.86. The van der Waals surface area contributed by atoms with Gasteiger partial charge in [0, 0.05) is 24.2 Å². The highest BCUT2D eigenvalue weighted by molar-refractivity contribution is 7.09. The minimum Gasteiger partial charge on any atom is -0.377 e. The van der Waals surface area contributed by atoms with Crippen LogP contribution in [0.2, 0.25) is 0 Å². The van der Waals surface area contributed by atoms with Crippen LogP contribution in [-0.2, 0) is 11.2 Å². The molecule has 1 aliphatic rings. The van der Waals surface area contributed by atoms with Crippen molar-refractivity contribution in [1.82, 2.24) is 10.3 Å². The first-order valence-electron chi connectivity index (χ1n) is 6.09. The summed E-state index contributed by atoms with van der Waals surface area (Å²) in [5.41, 5.74) is 0. The number of aromatic nitrogens is 1. The van der Waals surface area contributed by atoms with Gasteiger partial charge in [0.1, 0.15) is 0 Å². The third-order valence-electron chi connectivity index (χ3n) is 3.08. The molecular weight excluding hydrogens is 220 g/mol. The lowest BCUT2D eigenvalue weighted by Gasteiger charge is -2.15. The van der Waals surface area contributed by atoms with Crippen LogP contribution in [0, 0.1) is 0 Å². The number of rotatable bonds is 6. The topological polar surface area (TPSA) is 34.1 Å². The number of nitrogens with zero attached hydrogens (tertiary/aromatic N) is 1. The first-order valence-corrected chi connectivity index (χ1v) is 6.97. The normalized spacial score (nSPS) is 25.1. The number of hydrogen-bond donors (Lipinski definition) is 1. The molecule has 0 aliphatic carbocycles. The van der Waals surface area contributed by atoms with Crippen LogP contribution in [0.1, 0.15) is 31.2 Å². The van der Waals surface area contributed by atoms with Crippen LogP contribution in [0.15, 0.2) is 11.6 Å². The molecule has 0 aromatic carbocycles. The van der Waals surface area contributed by atoms with Gasteiger partial charge >= 0.3 is 0 Å². The molecule has 1 aromatic heterocycles. The van der Waals surface area contributed by atoms with Crippen LogP contribution in [0.4, 0.5) is 0 Å². The van der Waals surface area contributed by atoms with E-state index in [4.69, 9.17) is 4.74 Å². The Balaban J connectivity index is 1.52. The van der Waals surface area contributed by atoms with E-state index >= 15 is 0 Å². The standard InChI is InChI=1S/C12H20N2OS/c1-10-11(5-8-15-10)13-6-3-2-4-12-14-7-9-16-12/h7,9-11,13H,2-6,8H2,1H3. The van der Waals surface area contributed by atoms with Crippen molar-refractivity contribution in [2.75, 3.05) is 13.2 Å². The van der Waals surface area contributed by atoms with E-state index in [1.54, 1.807) is 11.3 Å². The maximum absolute atomic E-state index is 5.51. The smallest absolute Gasteiger partial charge is 0.0924 e. The molecule has 0 radical (unpaired) electrons. The quantitative estimate of drug-likeness (QED) is 0.774. The van der Waals surface area contributed by atoms with Crippen molar-refractivity contribution < 1.29 is 4.74 Å². The Bertz CT molecular complexity index is 289. The van der Waals surface area contributed by atoms with E-state index in [-0.39, 0.29) is 0 Å². The molecule has 3 nitrogen and oxygen atoms in total. The van der Waals surface area contributed by atoms with Gasteiger partial charge in [0.2, 0.25) is 0 Å². The first kappa shape index (κ1) is 12.0. The second-order valence-corrected chi connectivity index (χ2v) is 5.29. The summed E-state index contributed by atoms with van der Waals surface area (Å²) in [6.07, 6.45) is 7.00. The molecule has 1 aromatic rings. The van der Waals surface area contributed by atoms with Gasteiger partial charge in [-0.2, -0.15) is 0 Å². The van der Waals surface area contributed by atoms with Crippen LogP contribution < -0.4 is 5.32 Å². The van der Waals surface area contributed by atoms with Crippen molar-refractivity contribution in [2.24, 2.45) is 0 Å². The number of nitrogens with one attached hydrogen (secondary N) is 1. The highest BCUT2D eigenvalue weighted by Gasteiger charge is 2.22. The van der Waals surface area contributed by atoms with Gasteiger partial charge in [-0.25, -0.2) is 4.98 Å². The molecule has 16 heavy (non-hydrogen) atoms. The summed E-state index contributed by atoms with van der Waals surface area (Å²) in [4.78, 5) is 4.28. The van der Waals surface area contributed by atoms with Crippen molar-refractivity contribution >= 4 is 11.3 Å². The van der Waals surface area contributed by atoms with Crippen molar-refractivity contribution in [3.8, 4) is 0 Å². The van der Waals surface area contributed by atoms with Crippen molar-refractivity contribution in [1.29, 1.82) is 0 Å². The lowest BCUT2D eigenvalue weighted by Crippen LogP contribution is -2.35.